The fourth-order valence-electron chi connectivity index (χ4n) is 3.05. The maximum atomic E-state index is 12.2. The molecule has 0 unspecified atom stereocenters. The van der Waals surface area contributed by atoms with Crippen molar-refractivity contribution in [3.63, 3.8) is 0 Å². The van der Waals surface area contributed by atoms with E-state index in [2.05, 4.69) is 52.2 Å². The van der Waals surface area contributed by atoms with Crippen LogP contribution in [0.15, 0.2) is 50.4 Å². The molecule has 1 amide bonds. The van der Waals surface area contributed by atoms with Crippen molar-refractivity contribution in [1.82, 2.24) is 15.2 Å². The highest BCUT2D eigenvalue weighted by molar-refractivity contribution is 9.11. The minimum absolute atomic E-state index is 0.0722. The first-order chi connectivity index (χ1) is 13.9. The quantitative estimate of drug-likeness (QED) is 0.429. The molecular formula is C20H21Br2ClN4O2. The molecule has 2 N–H and O–H groups in total. The summed E-state index contributed by atoms with van der Waals surface area (Å²) in [5.41, 5.74) is 4.26. The molecule has 0 bridgehead atoms. The number of hydrogen-bond donors (Lipinski definition) is 2. The smallest absolute Gasteiger partial charge is 0.254 e. The van der Waals surface area contributed by atoms with Gasteiger partial charge in [-0.25, -0.2) is 5.43 Å². The highest BCUT2D eigenvalue weighted by Crippen LogP contribution is 2.30. The molecule has 6 nitrogen and oxygen atoms in total. The van der Waals surface area contributed by atoms with Gasteiger partial charge in [-0.05, 0) is 45.8 Å². The molecule has 2 aromatic carbocycles. The maximum Gasteiger partial charge on any atom is 0.254 e. The molecule has 9 heteroatoms. The van der Waals surface area contributed by atoms with Crippen LogP contribution >= 0.6 is 43.5 Å². The van der Waals surface area contributed by atoms with Crippen LogP contribution in [0.2, 0.25) is 5.02 Å². The van der Waals surface area contributed by atoms with Gasteiger partial charge in [0.25, 0.3) is 5.91 Å². The van der Waals surface area contributed by atoms with E-state index in [1.807, 2.05) is 24.3 Å². The summed E-state index contributed by atoms with van der Waals surface area (Å²) in [4.78, 5) is 16.6. The van der Waals surface area contributed by atoms with Crippen molar-refractivity contribution < 1.29 is 9.90 Å². The lowest BCUT2D eigenvalue weighted by molar-refractivity contribution is -0.122. The summed E-state index contributed by atoms with van der Waals surface area (Å²) < 4.78 is 1.35. The van der Waals surface area contributed by atoms with Crippen molar-refractivity contribution in [2.45, 2.75) is 6.54 Å². The van der Waals surface area contributed by atoms with Crippen LogP contribution in [0.4, 0.5) is 0 Å². The van der Waals surface area contributed by atoms with E-state index in [4.69, 9.17) is 11.6 Å². The van der Waals surface area contributed by atoms with Crippen LogP contribution in [0.1, 0.15) is 11.1 Å². The summed E-state index contributed by atoms with van der Waals surface area (Å²) in [5, 5.41) is 14.7. The summed E-state index contributed by atoms with van der Waals surface area (Å²) in [5.74, 6) is -0.107. The number of amides is 1. The first kappa shape index (κ1) is 22.2. The molecule has 0 saturated carbocycles. The van der Waals surface area contributed by atoms with Crippen molar-refractivity contribution in [3.05, 3.63) is 61.5 Å². The van der Waals surface area contributed by atoms with Crippen LogP contribution in [0.25, 0.3) is 0 Å². The zero-order valence-electron chi connectivity index (χ0n) is 15.6. The lowest BCUT2D eigenvalue weighted by Gasteiger charge is -2.34. The van der Waals surface area contributed by atoms with E-state index in [1.165, 1.54) is 11.8 Å². The van der Waals surface area contributed by atoms with Crippen molar-refractivity contribution >= 4 is 55.6 Å². The Labute approximate surface area is 191 Å². The van der Waals surface area contributed by atoms with Crippen LogP contribution in [-0.2, 0) is 11.3 Å². The number of phenols is 1. The Morgan fingerprint density at radius 1 is 1.14 bits per heavy atom. The second-order valence-corrected chi connectivity index (χ2v) is 9.00. The molecule has 2 aromatic rings. The third kappa shape index (κ3) is 6.79. The Morgan fingerprint density at radius 2 is 1.79 bits per heavy atom. The molecule has 1 heterocycles. The molecule has 29 heavy (non-hydrogen) atoms. The monoisotopic (exact) mass is 542 g/mol. The van der Waals surface area contributed by atoms with E-state index in [-0.39, 0.29) is 11.7 Å². The Balaban J connectivity index is 1.42. The molecule has 1 fully saturated rings. The largest absolute Gasteiger partial charge is 0.506 e. The normalized spacial score (nSPS) is 15.7. The molecule has 0 spiro atoms. The molecule has 0 aliphatic carbocycles. The van der Waals surface area contributed by atoms with Gasteiger partial charge in [-0.1, -0.05) is 39.7 Å². The average Bonchev–Trinajstić information content (AvgIpc) is 2.69. The van der Waals surface area contributed by atoms with Gasteiger partial charge in [-0.15, -0.1) is 0 Å². The van der Waals surface area contributed by atoms with Crippen molar-refractivity contribution in [2.24, 2.45) is 5.10 Å². The number of nitrogens with one attached hydrogen (secondary N) is 1. The van der Waals surface area contributed by atoms with Gasteiger partial charge in [0.15, 0.2) is 0 Å². The summed E-state index contributed by atoms with van der Waals surface area (Å²) in [6, 6.07) is 11.4. The lowest BCUT2D eigenvalue weighted by atomic mass is 10.2. The number of benzene rings is 2. The summed E-state index contributed by atoms with van der Waals surface area (Å²) in [6.45, 7) is 4.62. The fraction of sp³-hybridized carbons (Fsp3) is 0.300. The van der Waals surface area contributed by atoms with Gasteiger partial charge in [0.1, 0.15) is 5.75 Å². The molecule has 1 aliphatic rings. The van der Waals surface area contributed by atoms with Crippen molar-refractivity contribution in [1.29, 1.82) is 0 Å². The number of nitrogens with zero attached hydrogens (tertiary/aromatic N) is 3. The lowest BCUT2D eigenvalue weighted by Crippen LogP contribution is -2.48. The molecule has 0 radical (unpaired) electrons. The summed E-state index contributed by atoms with van der Waals surface area (Å²) in [6.07, 6.45) is 1.42. The summed E-state index contributed by atoms with van der Waals surface area (Å²) >= 11 is 12.6. The van der Waals surface area contributed by atoms with Gasteiger partial charge >= 0.3 is 0 Å². The van der Waals surface area contributed by atoms with Gasteiger partial charge < -0.3 is 5.11 Å². The molecule has 3 rings (SSSR count). The van der Waals surface area contributed by atoms with E-state index < -0.39 is 0 Å². The third-order valence-corrected chi connectivity index (χ3v) is 5.92. The number of phenolic OH excluding ortho intramolecular Hbond substituents is 1. The Kier molecular flexibility index (Phi) is 8.08. The number of carbonyl (C=O) groups is 1. The van der Waals surface area contributed by atoms with Crippen LogP contribution in [-0.4, -0.2) is 59.8 Å². The minimum Gasteiger partial charge on any atom is -0.506 e. The third-order valence-electron chi connectivity index (χ3n) is 4.60. The Bertz CT molecular complexity index is 885. The van der Waals surface area contributed by atoms with Gasteiger partial charge in [0, 0.05) is 47.8 Å². The second kappa shape index (κ2) is 10.5. The van der Waals surface area contributed by atoms with Gasteiger partial charge in [0.2, 0.25) is 0 Å². The van der Waals surface area contributed by atoms with Gasteiger partial charge in [0.05, 0.1) is 17.2 Å². The van der Waals surface area contributed by atoms with Crippen LogP contribution in [0.5, 0.6) is 5.75 Å². The molecule has 154 valence electrons. The topological polar surface area (TPSA) is 68.2 Å². The number of aromatic hydroxyl groups is 1. The highest BCUT2D eigenvalue weighted by atomic mass is 79.9. The van der Waals surface area contributed by atoms with Crippen molar-refractivity contribution in [2.75, 3.05) is 32.7 Å². The molecular weight excluding hydrogens is 524 g/mol. The first-order valence-electron chi connectivity index (χ1n) is 9.10. The number of hydrazone groups is 1. The van der Waals surface area contributed by atoms with E-state index in [1.54, 1.807) is 12.1 Å². The molecule has 0 atom stereocenters. The van der Waals surface area contributed by atoms with Crippen LogP contribution in [0, 0.1) is 0 Å². The molecule has 1 saturated heterocycles. The predicted molar refractivity (Wildman–Crippen MR) is 122 cm³/mol. The maximum absolute atomic E-state index is 12.2. The number of carbonyl (C=O) groups excluding carboxylic acids is 1. The summed E-state index contributed by atoms with van der Waals surface area (Å²) in [7, 11) is 0. The van der Waals surface area contributed by atoms with Crippen LogP contribution in [0.3, 0.4) is 0 Å². The highest BCUT2D eigenvalue weighted by Gasteiger charge is 2.19. The first-order valence-corrected chi connectivity index (χ1v) is 11.1. The van der Waals surface area contributed by atoms with E-state index >= 15 is 0 Å². The fourth-order valence-corrected chi connectivity index (χ4v) is 4.43. The van der Waals surface area contributed by atoms with Crippen LogP contribution < -0.4 is 5.43 Å². The molecule has 1 aliphatic heterocycles. The SMILES string of the molecule is O=C(CN1CCN(Cc2ccc(Cl)cc2)CC1)N/N=C\c1cc(Br)cc(Br)c1O. The number of hydrogen-bond acceptors (Lipinski definition) is 5. The number of piperazine rings is 1. The standard InChI is InChI=1S/C20H21Br2ClN4O2/c21-16-9-15(20(29)18(22)10-16)11-24-25-19(28)13-27-7-5-26(6-8-27)12-14-1-3-17(23)4-2-14/h1-4,9-11,29H,5-8,12-13H2,(H,25,28)/b24-11-. The minimum atomic E-state index is -0.180. The Morgan fingerprint density at radius 3 is 2.48 bits per heavy atom. The predicted octanol–water partition coefficient (Wildman–Crippen LogP) is 3.84. The van der Waals surface area contributed by atoms with E-state index in [0.29, 0.717) is 16.6 Å². The zero-order valence-corrected chi connectivity index (χ0v) is 19.5. The Hall–Kier alpha value is -1.45. The van der Waals surface area contributed by atoms with Gasteiger partial charge in [-0.2, -0.15) is 5.10 Å². The zero-order chi connectivity index (χ0) is 20.8. The van der Waals surface area contributed by atoms with E-state index in [0.717, 1.165) is 42.2 Å². The molecule has 0 aromatic heterocycles. The van der Waals surface area contributed by atoms with Gasteiger partial charge in [-0.3, -0.25) is 14.6 Å². The average molecular weight is 545 g/mol. The number of rotatable bonds is 6. The second-order valence-electron chi connectivity index (χ2n) is 6.80. The van der Waals surface area contributed by atoms with E-state index in [9.17, 15) is 9.90 Å². The number of halogens is 3. The van der Waals surface area contributed by atoms with Crippen molar-refractivity contribution in [3.8, 4) is 5.75 Å².